The molecule has 0 aromatic heterocycles. The van der Waals surface area contributed by atoms with E-state index in [-0.39, 0.29) is 0 Å². The minimum atomic E-state index is 0.633. The topological polar surface area (TPSA) is 27.7 Å². The lowest BCUT2D eigenvalue weighted by atomic mass is 10.1. The van der Waals surface area contributed by atoms with Gasteiger partial charge in [0.25, 0.3) is 0 Å². The largest absolute Gasteiger partial charge is 0.382 e. The maximum atomic E-state index is 5.33. The van der Waals surface area contributed by atoms with Gasteiger partial charge in [-0.1, -0.05) is 0 Å². The summed E-state index contributed by atoms with van der Waals surface area (Å²) in [6, 6.07) is 1.31. The van der Waals surface area contributed by atoms with Gasteiger partial charge in [-0.3, -0.25) is 4.90 Å². The molecule has 4 nitrogen and oxygen atoms in total. The zero-order valence-electron chi connectivity index (χ0n) is 12.6. The predicted octanol–water partition coefficient (Wildman–Crippen LogP) is 1.03. The first-order valence-corrected chi connectivity index (χ1v) is 7.38. The first kappa shape index (κ1) is 15.9. The minimum Gasteiger partial charge on any atom is -0.382 e. The molecule has 0 bridgehead atoms. The summed E-state index contributed by atoms with van der Waals surface area (Å²) in [5.41, 5.74) is 0. The number of rotatable bonds is 8. The highest BCUT2D eigenvalue weighted by atomic mass is 16.5. The maximum absolute atomic E-state index is 5.33. The Morgan fingerprint density at radius 2 is 2.17 bits per heavy atom. The lowest BCUT2D eigenvalue weighted by molar-refractivity contribution is 0.0769. The zero-order chi connectivity index (χ0) is 13.4. The van der Waals surface area contributed by atoms with E-state index >= 15 is 0 Å². The third-order valence-corrected chi connectivity index (χ3v) is 3.90. The Morgan fingerprint density at radius 3 is 2.83 bits per heavy atom. The molecule has 1 fully saturated rings. The zero-order valence-corrected chi connectivity index (χ0v) is 12.6. The van der Waals surface area contributed by atoms with Gasteiger partial charge in [-0.15, -0.1) is 0 Å². The van der Waals surface area contributed by atoms with Crippen molar-refractivity contribution in [2.24, 2.45) is 0 Å². The Balaban J connectivity index is 2.07. The van der Waals surface area contributed by atoms with E-state index in [1.165, 1.54) is 19.6 Å². The van der Waals surface area contributed by atoms with E-state index in [2.05, 4.69) is 36.0 Å². The van der Waals surface area contributed by atoms with Gasteiger partial charge in [0.2, 0.25) is 0 Å². The van der Waals surface area contributed by atoms with Crippen LogP contribution in [0, 0.1) is 0 Å². The third kappa shape index (κ3) is 5.65. The average Bonchev–Trinajstić information content (AvgIpc) is 2.36. The molecule has 1 aliphatic rings. The minimum absolute atomic E-state index is 0.633. The molecular weight excluding hydrogens is 226 g/mol. The predicted molar refractivity (Wildman–Crippen MR) is 77.1 cm³/mol. The SMILES string of the molecule is CCOCCCNCC(C)N1CCN(C)C(C)C1. The van der Waals surface area contributed by atoms with E-state index in [1.54, 1.807) is 0 Å². The van der Waals surface area contributed by atoms with Gasteiger partial charge in [0.1, 0.15) is 0 Å². The van der Waals surface area contributed by atoms with E-state index in [1.807, 2.05) is 6.92 Å². The number of nitrogens with one attached hydrogen (secondary N) is 1. The fourth-order valence-electron chi connectivity index (χ4n) is 2.36. The first-order valence-electron chi connectivity index (χ1n) is 7.38. The lowest BCUT2D eigenvalue weighted by Gasteiger charge is -2.40. The maximum Gasteiger partial charge on any atom is 0.0477 e. The van der Waals surface area contributed by atoms with Crippen molar-refractivity contribution in [3.8, 4) is 0 Å². The van der Waals surface area contributed by atoms with Crippen LogP contribution in [0.4, 0.5) is 0 Å². The summed E-state index contributed by atoms with van der Waals surface area (Å²) in [6.45, 7) is 14.1. The van der Waals surface area contributed by atoms with E-state index in [0.717, 1.165) is 32.7 Å². The monoisotopic (exact) mass is 257 g/mol. The van der Waals surface area contributed by atoms with Crippen molar-refractivity contribution in [3.63, 3.8) is 0 Å². The molecule has 2 unspecified atom stereocenters. The molecule has 1 heterocycles. The Hall–Kier alpha value is -0.160. The summed E-state index contributed by atoms with van der Waals surface area (Å²) in [4.78, 5) is 5.04. The molecule has 0 amide bonds. The van der Waals surface area contributed by atoms with Gasteiger partial charge in [0.15, 0.2) is 0 Å². The molecule has 0 aliphatic carbocycles. The number of piperazine rings is 1. The van der Waals surface area contributed by atoms with Gasteiger partial charge in [-0.05, 0) is 40.8 Å². The van der Waals surface area contributed by atoms with Gasteiger partial charge in [-0.2, -0.15) is 0 Å². The van der Waals surface area contributed by atoms with Crippen LogP contribution in [0.25, 0.3) is 0 Å². The Morgan fingerprint density at radius 1 is 1.39 bits per heavy atom. The molecule has 0 aromatic rings. The Labute approximate surface area is 113 Å². The average molecular weight is 257 g/mol. The van der Waals surface area contributed by atoms with Crippen molar-refractivity contribution in [3.05, 3.63) is 0 Å². The van der Waals surface area contributed by atoms with Crippen molar-refractivity contribution in [1.29, 1.82) is 0 Å². The first-order chi connectivity index (χ1) is 8.65. The van der Waals surface area contributed by atoms with Crippen LogP contribution in [0.2, 0.25) is 0 Å². The molecular formula is C14H31N3O. The molecule has 0 radical (unpaired) electrons. The van der Waals surface area contributed by atoms with Crippen LogP contribution < -0.4 is 5.32 Å². The summed E-state index contributed by atoms with van der Waals surface area (Å²) in [7, 11) is 2.22. The van der Waals surface area contributed by atoms with Gasteiger partial charge in [0.05, 0.1) is 0 Å². The highest BCUT2D eigenvalue weighted by Crippen LogP contribution is 2.09. The van der Waals surface area contributed by atoms with Crippen molar-refractivity contribution in [1.82, 2.24) is 15.1 Å². The standard InChI is InChI=1S/C14H31N3O/c1-5-18-10-6-7-15-11-13(2)17-9-8-16(4)14(3)12-17/h13-15H,5-12H2,1-4H3. The lowest BCUT2D eigenvalue weighted by Crippen LogP contribution is -2.54. The fraction of sp³-hybridized carbons (Fsp3) is 1.00. The second kappa shape index (κ2) is 8.86. The molecule has 0 aromatic carbocycles. The fourth-order valence-corrected chi connectivity index (χ4v) is 2.36. The van der Waals surface area contributed by atoms with Crippen molar-refractivity contribution in [2.45, 2.75) is 39.3 Å². The normalized spacial score (nSPS) is 24.3. The van der Waals surface area contributed by atoms with Crippen LogP contribution in [-0.4, -0.2) is 74.9 Å². The van der Waals surface area contributed by atoms with Gasteiger partial charge in [0, 0.05) is 51.5 Å². The molecule has 1 rings (SSSR count). The van der Waals surface area contributed by atoms with Crippen LogP contribution in [-0.2, 0) is 4.74 Å². The smallest absolute Gasteiger partial charge is 0.0477 e. The Bertz CT molecular complexity index is 213. The van der Waals surface area contributed by atoms with Crippen molar-refractivity contribution in [2.75, 3.05) is 53.0 Å². The molecule has 1 aliphatic heterocycles. The molecule has 108 valence electrons. The molecule has 1 N–H and O–H groups in total. The third-order valence-electron chi connectivity index (χ3n) is 3.90. The second-order valence-electron chi connectivity index (χ2n) is 5.43. The summed E-state index contributed by atoms with van der Waals surface area (Å²) in [6.07, 6.45) is 1.11. The summed E-state index contributed by atoms with van der Waals surface area (Å²) in [5.74, 6) is 0. The van der Waals surface area contributed by atoms with Gasteiger partial charge >= 0.3 is 0 Å². The highest BCUT2D eigenvalue weighted by molar-refractivity contribution is 4.80. The van der Waals surface area contributed by atoms with Crippen LogP contribution in [0.1, 0.15) is 27.2 Å². The molecule has 4 heteroatoms. The summed E-state index contributed by atoms with van der Waals surface area (Å²) in [5, 5.41) is 3.53. The van der Waals surface area contributed by atoms with E-state index in [9.17, 15) is 0 Å². The second-order valence-corrected chi connectivity index (χ2v) is 5.43. The van der Waals surface area contributed by atoms with Crippen LogP contribution in [0.5, 0.6) is 0 Å². The number of nitrogens with zero attached hydrogens (tertiary/aromatic N) is 2. The Kier molecular flexibility index (Phi) is 7.82. The summed E-state index contributed by atoms with van der Waals surface area (Å²) >= 11 is 0. The number of hydrogen-bond acceptors (Lipinski definition) is 4. The molecule has 0 saturated carbocycles. The molecule has 2 atom stereocenters. The summed E-state index contributed by atoms with van der Waals surface area (Å²) < 4.78 is 5.33. The molecule has 0 spiro atoms. The quantitative estimate of drug-likeness (QED) is 0.657. The van der Waals surface area contributed by atoms with Gasteiger partial charge < -0.3 is 15.0 Å². The van der Waals surface area contributed by atoms with Gasteiger partial charge in [-0.25, -0.2) is 0 Å². The van der Waals surface area contributed by atoms with Crippen molar-refractivity contribution >= 4 is 0 Å². The van der Waals surface area contributed by atoms with E-state index in [0.29, 0.717) is 12.1 Å². The highest BCUT2D eigenvalue weighted by Gasteiger charge is 2.23. The van der Waals surface area contributed by atoms with Crippen LogP contribution >= 0.6 is 0 Å². The van der Waals surface area contributed by atoms with Crippen LogP contribution in [0.3, 0.4) is 0 Å². The van der Waals surface area contributed by atoms with E-state index in [4.69, 9.17) is 4.74 Å². The van der Waals surface area contributed by atoms with Crippen LogP contribution in [0.15, 0.2) is 0 Å². The molecule has 1 saturated heterocycles. The van der Waals surface area contributed by atoms with E-state index < -0.39 is 0 Å². The molecule has 18 heavy (non-hydrogen) atoms. The van der Waals surface area contributed by atoms with Crippen molar-refractivity contribution < 1.29 is 4.74 Å². The number of hydrogen-bond donors (Lipinski definition) is 1. The number of likely N-dealkylation sites (N-methyl/N-ethyl adjacent to an activating group) is 1. The number of ether oxygens (including phenoxy) is 1.